The van der Waals surface area contributed by atoms with Crippen LogP contribution in [0.5, 0.6) is 0 Å². The maximum atomic E-state index is 5.62. The number of hydrogen-bond donors (Lipinski definition) is 1. The van der Waals surface area contributed by atoms with Gasteiger partial charge in [-0.1, -0.05) is 13.8 Å². The van der Waals surface area contributed by atoms with Crippen LogP contribution in [0.3, 0.4) is 0 Å². The second-order valence-corrected chi connectivity index (χ2v) is 4.20. The van der Waals surface area contributed by atoms with Crippen molar-refractivity contribution >= 4 is 0 Å². The maximum Gasteiger partial charge on any atom is 0.230 e. The lowest BCUT2D eigenvalue weighted by atomic mass is 10.0. The summed E-state index contributed by atoms with van der Waals surface area (Å²) in [6.45, 7) is 5.03. The van der Waals surface area contributed by atoms with Crippen LogP contribution in [0, 0.1) is 0 Å². The molecule has 0 radical (unpaired) electrons. The minimum Gasteiger partial charge on any atom is -0.424 e. The number of aromatic nitrogens is 2. The summed E-state index contributed by atoms with van der Waals surface area (Å²) in [5.41, 5.74) is 0. The molecule has 0 bridgehead atoms. The average molecular weight is 209 g/mol. The highest BCUT2D eigenvalue weighted by atomic mass is 16.4. The third kappa shape index (κ3) is 2.78. The third-order valence-corrected chi connectivity index (χ3v) is 2.94. The molecule has 0 atom stereocenters. The molecule has 1 heterocycles. The molecule has 0 saturated heterocycles. The molecule has 2 rings (SSSR count). The van der Waals surface area contributed by atoms with Crippen molar-refractivity contribution in [1.82, 2.24) is 15.5 Å². The van der Waals surface area contributed by atoms with E-state index in [1.807, 2.05) is 0 Å². The van der Waals surface area contributed by atoms with E-state index < -0.39 is 0 Å². The van der Waals surface area contributed by atoms with E-state index in [9.17, 15) is 0 Å². The molecule has 1 aliphatic rings. The van der Waals surface area contributed by atoms with E-state index in [2.05, 4.69) is 29.4 Å². The Morgan fingerprint density at radius 1 is 1.33 bits per heavy atom. The first kappa shape index (κ1) is 10.6. The average Bonchev–Trinajstić information content (AvgIpc) is 2.97. The summed E-state index contributed by atoms with van der Waals surface area (Å²) < 4.78 is 5.62. The van der Waals surface area contributed by atoms with E-state index in [0.717, 1.165) is 31.2 Å². The Labute approximate surface area is 90.5 Å². The molecular weight excluding hydrogens is 190 g/mol. The van der Waals surface area contributed by atoms with Gasteiger partial charge in [-0.2, -0.15) is 0 Å². The lowest BCUT2D eigenvalue weighted by Gasteiger charge is -2.04. The lowest BCUT2D eigenvalue weighted by Crippen LogP contribution is -2.15. The van der Waals surface area contributed by atoms with Gasteiger partial charge in [0, 0.05) is 12.0 Å². The largest absolute Gasteiger partial charge is 0.424 e. The first-order chi connectivity index (χ1) is 7.33. The molecule has 4 nitrogen and oxygen atoms in total. The van der Waals surface area contributed by atoms with Crippen molar-refractivity contribution in [3.63, 3.8) is 0 Å². The molecule has 15 heavy (non-hydrogen) atoms. The predicted molar refractivity (Wildman–Crippen MR) is 57.5 cm³/mol. The van der Waals surface area contributed by atoms with Crippen LogP contribution in [-0.2, 0) is 6.54 Å². The number of hydrogen-bond acceptors (Lipinski definition) is 4. The van der Waals surface area contributed by atoms with Gasteiger partial charge in [-0.15, -0.1) is 10.2 Å². The lowest BCUT2D eigenvalue weighted by molar-refractivity contribution is 0.393. The summed E-state index contributed by atoms with van der Waals surface area (Å²) in [6, 6.07) is 0.688. The van der Waals surface area contributed by atoms with Crippen LogP contribution in [0.2, 0.25) is 0 Å². The fourth-order valence-electron chi connectivity index (χ4n) is 1.66. The van der Waals surface area contributed by atoms with Gasteiger partial charge < -0.3 is 9.73 Å². The predicted octanol–water partition coefficient (Wildman–Crippen LogP) is 2.23. The minimum atomic E-state index is 0.423. The van der Waals surface area contributed by atoms with Crippen molar-refractivity contribution in [1.29, 1.82) is 0 Å². The van der Waals surface area contributed by atoms with Gasteiger partial charge in [0.2, 0.25) is 11.8 Å². The highest BCUT2D eigenvalue weighted by Gasteiger charge is 2.21. The van der Waals surface area contributed by atoms with Crippen molar-refractivity contribution in [3.05, 3.63) is 11.8 Å². The summed E-state index contributed by atoms with van der Waals surface area (Å²) in [6.07, 6.45) is 4.70. The SMILES string of the molecule is CCC(CC)c1nnc(CNC2CC2)o1. The van der Waals surface area contributed by atoms with Crippen LogP contribution in [-0.4, -0.2) is 16.2 Å². The molecule has 4 heteroatoms. The van der Waals surface area contributed by atoms with Crippen molar-refractivity contribution in [2.45, 2.75) is 58.0 Å². The van der Waals surface area contributed by atoms with Crippen LogP contribution < -0.4 is 5.32 Å². The van der Waals surface area contributed by atoms with Gasteiger partial charge >= 0.3 is 0 Å². The summed E-state index contributed by atoms with van der Waals surface area (Å²) in [5, 5.41) is 11.5. The van der Waals surface area contributed by atoms with Gasteiger partial charge in [-0.3, -0.25) is 0 Å². The van der Waals surface area contributed by atoms with E-state index in [1.54, 1.807) is 0 Å². The fourth-order valence-corrected chi connectivity index (χ4v) is 1.66. The summed E-state index contributed by atoms with van der Waals surface area (Å²) >= 11 is 0. The Kier molecular flexibility index (Phi) is 3.36. The number of nitrogens with one attached hydrogen (secondary N) is 1. The zero-order valence-corrected chi connectivity index (χ0v) is 9.49. The van der Waals surface area contributed by atoms with Gasteiger partial charge in [0.1, 0.15) is 0 Å². The van der Waals surface area contributed by atoms with Crippen LogP contribution in [0.4, 0.5) is 0 Å². The third-order valence-electron chi connectivity index (χ3n) is 2.94. The number of rotatable bonds is 6. The molecule has 1 aromatic rings. The Bertz CT molecular complexity index is 303. The summed E-state index contributed by atoms with van der Waals surface area (Å²) in [4.78, 5) is 0. The topological polar surface area (TPSA) is 51.0 Å². The molecule has 1 saturated carbocycles. The first-order valence-corrected chi connectivity index (χ1v) is 5.89. The highest BCUT2D eigenvalue weighted by molar-refractivity contribution is 4.91. The van der Waals surface area contributed by atoms with E-state index in [1.165, 1.54) is 12.8 Å². The highest BCUT2D eigenvalue weighted by Crippen LogP contribution is 2.22. The van der Waals surface area contributed by atoms with Crippen molar-refractivity contribution < 1.29 is 4.42 Å². The molecule has 1 N–H and O–H groups in total. The van der Waals surface area contributed by atoms with E-state index in [-0.39, 0.29) is 0 Å². The van der Waals surface area contributed by atoms with Gasteiger partial charge in [0.15, 0.2) is 0 Å². The molecule has 1 aliphatic carbocycles. The molecule has 1 fully saturated rings. The van der Waals surface area contributed by atoms with Crippen LogP contribution in [0.15, 0.2) is 4.42 Å². The van der Waals surface area contributed by atoms with E-state index in [0.29, 0.717) is 12.0 Å². The normalized spacial score (nSPS) is 16.2. The van der Waals surface area contributed by atoms with Crippen molar-refractivity contribution in [2.75, 3.05) is 0 Å². The standard InChI is InChI=1S/C11H19N3O/c1-3-8(4-2)11-14-13-10(15-11)7-12-9-5-6-9/h8-9,12H,3-7H2,1-2H3. The quantitative estimate of drug-likeness (QED) is 0.780. The first-order valence-electron chi connectivity index (χ1n) is 5.89. The molecule has 0 aromatic carbocycles. The van der Waals surface area contributed by atoms with E-state index in [4.69, 9.17) is 4.42 Å². The smallest absolute Gasteiger partial charge is 0.230 e. The second kappa shape index (κ2) is 4.75. The fraction of sp³-hybridized carbons (Fsp3) is 0.818. The molecule has 0 aliphatic heterocycles. The van der Waals surface area contributed by atoms with Crippen molar-refractivity contribution in [3.8, 4) is 0 Å². The molecule has 1 aromatic heterocycles. The molecule has 84 valence electrons. The molecular formula is C11H19N3O. The van der Waals surface area contributed by atoms with Crippen LogP contribution in [0.1, 0.15) is 57.2 Å². The minimum absolute atomic E-state index is 0.423. The van der Waals surface area contributed by atoms with Crippen molar-refractivity contribution in [2.24, 2.45) is 0 Å². The monoisotopic (exact) mass is 209 g/mol. The molecule has 0 unspecified atom stereocenters. The second-order valence-electron chi connectivity index (χ2n) is 4.20. The van der Waals surface area contributed by atoms with Crippen LogP contribution in [0.25, 0.3) is 0 Å². The Balaban J connectivity index is 1.89. The Morgan fingerprint density at radius 3 is 2.67 bits per heavy atom. The Morgan fingerprint density at radius 2 is 2.07 bits per heavy atom. The van der Waals surface area contributed by atoms with Gasteiger partial charge in [-0.25, -0.2) is 0 Å². The molecule has 0 amide bonds. The summed E-state index contributed by atoms with van der Waals surface area (Å²) in [5.74, 6) is 1.95. The van der Waals surface area contributed by atoms with Gasteiger partial charge in [0.25, 0.3) is 0 Å². The zero-order chi connectivity index (χ0) is 10.7. The zero-order valence-electron chi connectivity index (χ0n) is 9.49. The molecule has 0 spiro atoms. The maximum absolute atomic E-state index is 5.62. The van der Waals surface area contributed by atoms with Crippen LogP contribution >= 0.6 is 0 Å². The van der Waals surface area contributed by atoms with E-state index >= 15 is 0 Å². The van der Waals surface area contributed by atoms with Gasteiger partial charge in [-0.05, 0) is 25.7 Å². The Hall–Kier alpha value is -0.900. The summed E-state index contributed by atoms with van der Waals surface area (Å²) in [7, 11) is 0. The van der Waals surface area contributed by atoms with Gasteiger partial charge in [0.05, 0.1) is 6.54 Å². The number of nitrogens with zero attached hydrogens (tertiary/aromatic N) is 2.